The van der Waals surface area contributed by atoms with E-state index in [1.165, 1.54) is 5.56 Å². The molecular formula is C28H41N5O2S. The summed E-state index contributed by atoms with van der Waals surface area (Å²) in [4.78, 5) is 4.58. The Bertz CT molecular complexity index is 1080. The van der Waals surface area contributed by atoms with Crippen molar-refractivity contribution in [2.45, 2.75) is 80.2 Å². The quantitative estimate of drug-likeness (QED) is 0.268. The van der Waals surface area contributed by atoms with E-state index in [2.05, 4.69) is 73.0 Å². The van der Waals surface area contributed by atoms with E-state index < -0.39 is 0 Å². The smallest absolute Gasteiger partial charge is 0.148 e. The van der Waals surface area contributed by atoms with Crippen LogP contribution in [0, 0.1) is 25.7 Å². The van der Waals surface area contributed by atoms with Gasteiger partial charge in [-0.2, -0.15) is 0 Å². The number of hydrogen-bond donors (Lipinski definition) is 2. The fourth-order valence-electron chi connectivity index (χ4n) is 3.57. The number of aliphatic hydroxyl groups excluding tert-OH is 1. The fourth-order valence-corrected chi connectivity index (χ4v) is 4.45. The average Bonchev–Trinajstić information content (AvgIpc) is 3.35. The van der Waals surface area contributed by atoms with Gasteiger partial charge in [-0.1, -0.05) is 38.5 Å². The summed E-state index contributed by atoms with van der Waals surface area (Å²) in [6.07, 6.45) is 3.60. The van der Waals surface area contributed by atoms with Crippen molar-refractivity contribution in [3.63, 3.8) is 0 Å². The first-order valence-electron chi connectivity index (χ1n) is 12.6. The number of pyridine rings is 1. The first-order valence-corrected chi connectivity index (χ1v) is 13.4. The van der Waals surface area contributed by atoms with Crippen LogP contribution in [0.25, 0.3) is 21.1 Å². The number of ether oxygens (including phenoxy) is 1. The highest BCUT2D eigenvalue weighted by Crippen LogP contribution is 2.36. The Morgan fingerprint density at radius 2 is 1.75 bits per heavy atom. The number of rotatable bonds is 11. The zero-order valence-electron chi connectivity index (χ0n) is 22.8. The molecule has 2 heterocycles. The Morgan fingerprint density at radius 1 is 1.06 bits per heavy atom. The van der Waals surface area contributed by atoms with Gasteiger partial charge in [0.05, 0.1) is 6.61 Å². The number of hydrogen-bond acceptors (Lipinski definition) is 8. The largest absolute Gasteiger partial charge is 0.493 e. The van der Waals surface area contributed by atoms with Gasteiger partial charge in [0.15, 0.2) is 0 Å². The van der Waals surface area contributed by atoms with Crippen LogP contribution in [-0.4, -0.2) is 39.5 Å². The van der Waals surface area contributed by atoms with E-state index in [4.69, 9.17) is 15.1 Å². The normalized spacial score (nSPS) is 10.2. The molecule has 0 aliphatic rings. The molecule has 0 radical (unpaired) electrons. The van der Waals surface area contributed by atoms with Crippen molar-refractivity contribution in [3.05, 3.63) is 41.1 Å². The standard InChI is InChI=1S/C25H34N4O2S.C2H6.CHN/c1-6-9-19-14-22(31-11-8-7-10-30)17(4)12-21(19)25-29-28-24(32-25)20-13-18(5)27-23(15-20)26-16(2)3;2*1-2/h12-16,30H,6-11H2,1-5H3,(H,26,27);1-2H3;1H. The number of benzene rings is 1. The molecule has 0 atom stereocenters. The third-order valence-electron chi connectivity index (χ3n) is 5.02. The minimum absolute atomic E-state index is 0.202. The first kappa shape index (κ1) is 31.0. The maximum absolute atomic E-state index is 8.97. The lowest BCUT2D eigenvalue weighted by atomic mass is 10.00. The molecule has 0 unspecified atom stereocenters. The van der Waals surface area contributed by atoms with Crippen molar-refractivity contribution < 1.29 is 9.84 Å². The van der Waals surface area contributed by atoms with E-state index in [0.717, 1.165) is 69.7 Å². The predicted molar refractivity (Wildman–Crippen MR) is 151 cm³/mol. The molecule has 7 nitrogen and oxygen atoms in total. The Balaban J connectivity index is 0.00000154. The Kier molecular flexibility index (Phi) is 14.3. The molecule has 3 aromatic rings. The molecule has 196 valence electrons. The van der Waals surface area contributed by atoms with Gasteiger partial charge in [0.1, 0.15) is 21.6 Å². The second-order valence-corrected chi connectivity index (χ2v) is 9.38. The van der Waals surface area contributed by atoms with E-state index >= 15 is 0 Å². The Morgan fingerprint density at radius 3 is 2.39 bits per heavy atom. The van der Waals surface area contributed by atoms with Gasteiger partial charge in [-0.25, -0.2) is 10.2 Å². The van der Waals surface area contributed by atoms with E-state index in [0.29, 0.717) is 12.6 Å². The molecule has 0 fully saturated rings. The molecule has 8 heteroatoms. The van der Waals surface area contributed by atoms with Gasteiger partial charge in [0.25, 0.3) is 0 Å². The topological polar surface area (TPSA) is 104 Å². The molecule has 0 saturated carbocycles. The van der Waals surface area contributed by atoms with Crippen LogP contribution in [0.5, 0.6) is 5.75 Å². The van der Waals surface area contributed by atoms with Crippen molar-refractivity contribution in [1.82, 2.24) is 15.2 Å². The summed E-state index contributed by atoms with van der Waals surface area (Å²) in [6.45, 7) is 18.8. The maximum Gasteiger partial charge on any atom is 0.148 e. The number of aliphatic hydroxyl groups is 1. The van der Waals surface area contributed by atoms with E-state index in [-0.39, 0.29) is 6.61 Å². The number of nitriles is 1. The van der Waals surface area contributed by atoms with Crippen LogP contribution in [0.3, 0.4) is 0 Å². The molecule has 2 N–H and O–H groups in total. The van der Waals surface area contributed by atoms with Gasteiger partial charge in [-0.3, -0.25) is 0 Å². The van der Waals surface area contributed by atoms with Gasteiger partial charge in [0, 0.05) is 36.0 Å². The van der Waals surface area contributed by atoms with Crippen molar-refractivity contribution >= 4 is 17.2 Å². The van der Waals surface area contributed by atoms with Gasteiger partial charge >= 0.3 is 0 Å². The van der Waals surface area contributed by atoms with Crippen LogP contribution >= 0.6 is 11.3 Å². The summed E-state index contributed by atoms with van der Waals surface area (Å²) < 4.78 is 5.99. The Labute approximate surface area is 220 Å². The van der Waals surface area contributed by atoms with Gasteiger partial charge in [-0.15, -0.1) is 10.2 Å². The van der Waals surface area contributed by atoms with Crippen LogP contribution in [0.2, 0.25) is 0 Å². The lowest BCUT2D eigenvalue weighted by Crippen LogP contribution is -2.11. The number of unbranched alkanes of at least 4 members (excludes halogenated alkanes) is 1. The van der Waals surface area contributed by atoms with E-state index in [1.807, 2.05) is 26.8 Å². The number of nitrogens with zero attached hydrogens (tertiary/aromatic N) is 4. The SMILES string of the molecule is C#N.CC.CCCc1cc(OCCCCO)c(C)cc1-c1nnc(-c2cc(C)nc(NC(C)C)c2)s1. The van der Waals surface area contributed by atoms with Crippen LogP contribution in [-0.2, 0) is 6.42 Å². The number of anilines is 1. The van der Waals surface area contributed by atoms with Gasteiger partial charge < -0.3 is 15.2 Å². The zero-order valence-corrected chi connectivity index (χ0v) is 23.6. The zero-order chi connectivity index (χ0) is 27.1. The van der Waals surface area contributed by atoms with E-state index in [9.17, 15) is 0 Å². The molecule has 1 aromatic carbocycles. The summed E-state index contributed by atoms with van der Waals surface area (Å²) in [5.74, 6) is 1.77. The molecular weight excluding hydrogens is 470 g/mol. The number of aryl methyl sites for hydroxylation is 3. The molecule has 3 rings (SSSR count). The first-order chi connectivity index (χ1) is 17.4. The lowest BCUT2D eigenvalue weighted by molar-refractivity contribution is 0.252. The molecule has 0 aliphatic carbocycles. The van der Waals surface area contributed by atoms with Crippen LogP contribution in [0.15, 0.2) is 24.3 Å². The highest BCUT2D eigenvalue weighted by molar-refractivity contribution is 7.17. The van der Waals surface area contributed by atoms with Gasteiger partial charge in [0.2, 0.25) is 0 Å². The van der Waals surface area contributed by atoms with Crippen LogP contribution < -0.4 is 10.1 Å². The second kappa shape index (κ2) is 16.6. The third-order valence-corrected chi connectivity index (χ3v) is 6.03. The summed E-state index contributed by atoms with van der Waals surface area (Å²) in [5.41, 5.74) is 5.42. The Hall–Kier alpha value is -3.02. The molecule has 0 amide bonds. The molecule has 0 spiro atoms. The summed E-state index contributed by atoms with van der Waals surface area (Å²) >= 11 is 1.61. The van der Waals surface area contributed by atoms with Crippen molar-refractivity contribution in [2.75, 3.05) is 18.5 Å². The fraction of sp³-hybridized carbons (Fsp3) is 0.500. The highest BCUT2D eigenvalue weighted by Gasteiger charge is 2.16. The third kappa shape index (κ3) is 9.21. The summed E-state index contributed by atoms with van der Waals surface area (Å²) in [6, 6.07) is 8.72. The average molecular weight is 512 g/mol. The number of aromatic nitrogens is 3. The highest BCUT2D eigenvalue weighted by atomic mass is 32.1. The van der Waals surface area contributed by atoms with Gasteiger partial charge in [-0.05, 0) is 82.3 Å². The van der Waals surface area contributed by atoms with Crippen LogP contribution in [0.4, 0.5) is 5.82 Å². The minimum Gasteiger partial charge on any atom is -0.493 e. The molecule has 0 aliphatic heterocycles. The lowest BCUT2D eigenvalue weighted by Gasteiger charge is -2.14. The second-order valence-electron chi connectivity index (χ2n) is 8.40. The molecule has 2 aromatic heterocycles. The maximum atomic E-state index is 8.97. The van der Waals surface area contributed by atoms with Crippen molar-refractivity contribution in [2.24, 2.45) is 0 Å². The van der Waals surface area contributed by atoms with Crippen molar-refractivity contribution in [3.8, 4) is 33.5 Å². The molecule has 0 bridgehead atoms. The summed E-state index contributed by atoms with van der Waals surface area (Å²) in [5, 5.41) is 29.7. The molecule has 36 heavy (non-hydrogen) atoms. The monoisotopic (exact) mass is 511 g/mol. The minimum atomic E-state index is 0.202. The predicted octanol–water partition coefficient (Wildman–Crippen LogP) is 6.97. The van der Waals surface area contributed by atoms with E-state index in [1.54, 1.807) is 11.3 Å². The van der Waals surface area contributed by atoms with Crippen molar-refractivity contribution in [1.29, 1.82) is 5.26 Å². The molecule has 0 saturated heterocycles. The number of nitrogens with one attached hydrogen (secondary N) is 1. The summed E-state index contributed by atoms with van der Waals surface area (Å²) in [7, 11) is 0. The van der Waals surface area contributed by atoms with Crippen LogP contribution in [0.1, 0.15) is 70.7 Å².